The van der Waals surface area contributed by atoms with Crippen molar-refractivity contribution in [1.82, 2.24) is 10.3 Å². The van der Waals surface area contributed by atoms with Gasteiger partial charge < -0.3 is 21.1 Å². The van der Waals surface area contributed by atoms with Gasteiger partial charge in [-0.25, -0.2) is 4.98 Å². The second kappa shape index (κ2) is 9.57. The maximum absolute atomic E-state index is 12.1. The van der Waals surface area contributed by atoms with Crippen LogP contribution in [-0.2, 0) is 0 Å². The Morgan fingerprint density at radius 2 is 2.10 bits per heavy atom. The average molecular weight is 314 g/mol. The second-order valence-corrected chi connectivity index (χ2v) is 6.00. The molecular formula is C14H26N4O2S. The van der Waals surface area contributed by atoms with Crippen molar-refractivity contribution in [2.75, 3.05) is 37.4 Å². The van der Waals surface area contributed by atoms with Crippen LogP contribution in [0.1, 0.15) is 48.7 Å². The summed E-state index contributed by atoms with van der Waals surface area (Å²) in [6, 6.07) is 0. The van der Waals surface area contributed by atoms with Crippen molar-refractivity contribution in [2.24, 2.45) is 0 Å². The maximum atomic E-state index is 12.1. The zero-order chi connectivity index (χ0) is 15.7. The monoisotopic (exact) mass is 314 g/mol. The number of nitrogens with two attached hydrogens (primary N) is 1. The number of aliphatic hydroxyl groups is 1. The molecule has 6 nitrogen and oxygen atoms in total. The first-order valence-corrected chi connectivity index (χ1v) is 8.28. The lowest BCUT2D eigenvalue weighted by Crippen LogP contribution is -2.24. The van der Waals surface area contributed by atoms with Crippen LogP contribution in [0.4, 0.5) is 10.9 Å². The first-order chi connectivity index (χ1) is 10.1. The molecule has 0 saturated heterocycles. The van der Waals surface area contributed by atoms with E-state index in [-0.39, 0.29) is 12.5 Å². The van der Waals surface area contributed by atoms with Crippen LogP contribution >= 0.6 is 11.3 Å². The minimum absolute atomic E-state index is 0.150. The van der Waals surface area contributed by atoms with Crippen molar-refractivity contribution >= 4 is 28.2 Å². The molecule has 1 aromatic heterocycles. The number of nitrogens with one attached hydrogen (secondary N) is 1. The number of nitrogens with zero attached hydrogens (tertiary/aromatic N) is 2. The quantitative estimate of drug-likeness (QED) is 0.573. The predicted octanol–water partition coefficient (Wildman–Crippen LogP) is 1.85. The van der Waals surface area contributed by atoms with E-state index in [2.05, 4.69) is 17.2 Å². The molecule has 120 valence electrons. The molecule has 1 heterocycles. The molecule has 21 heavy (non-hydrogen) atoms. The van der Waals surface area contributed by atoms with Crippen LogP contribution in [0.3, 0.4) is 0 Å². The number of carbonyl (C=O) groups excluding carboxylic acids is 1. The van der Waals surface area contributed by atoms with E-state index in [0.717, 1.165) is 43.8 Å². The number of aliphatic hydroxyl groups excluding tert-OH is 1. The van der Waals surface area contributed by atoms with Crippen LogP contribution in [0.15, 0.2) is 0 Å². The van der Waals surface area contributed by atoms with Gasteiger partial charge in [-0.15, -0.1) is 0 Å². The van der Waals surface area contributed by atoms with Crippen molar-refractivity contribution in [2.45, 2.75) is 39.0 Å². The number of thiazole rings is 1. The summed E-state index contributed by atoms with van der Waals surface area (Å²) in [6.07, 6.45) is 4.74. The van der Waals surface area contributed by atoms with E-state index >= 15 is 0 Å². The summed E-state index contributed by atoms with van der Waals surface area (Å²) in [5.74, 6) is 0.152. The van der Waals surface area contributed by atoms with Gasteiger partial charge >= 0.3 is 0 Å². The number of hydrogen-bond acceptors (Lipinski definition) is 6. The molecule has 0 bridgehead atoms. The summed E-state index contributed by atoms with van der Waals surface area (Å²) in [6.45, 7) is 3.84. The SMILES string of the molecule is CCCN(C)c1nc(N)c(C(=O)NCCCCCCO)s1. The molecule has 0 spiro atoms. The fourth-order valence-corrected chi connectivity index (χ4v) is 2.84. The summed E-state index contributed by atoms with van der Waals surface area (Å²) in [5, 5.41) is 12.3. The van der Waals surface area contributed by atoms with E-state index in [1.807, 2.05) is 11.9 Å². The van der Waals surface area contributed by atoms with E-state index in [0.29, 0.717) is 17.2 Å². The summed E-state index contributed by atoms with van der Waals surface area (Å²) < 4.78 is 0. The Hall–Kier alpha value is -1.34. The van der Waals surface area contributed by atoms with Gasteiger partial charge in [-0.1, -0.05) is 31.1 Å². The molecule has 0 unspecified atom stereocenters. The minimum Gasteiger partial charge on any atom is -0.396 e. The molecule has 4 N–H and O–H groups in total. The second-order valence-electron chi connectivity index (χ2n) is 5.03. The highest BCUT2D eigenvalue weighted by Crippen LogP contribution is 2.27. The molecule has 0 fully saturated rings. The number of aromatic nitrogens is 1. The number of anilines is 2. The van der Waals surface area contributed by atoms with E-state index in [1.54, 1.807) is 0 Å². The molecule has 0 aromatic carbocycles. The van der Waals surface area contributed by atoms with Gasteiger partial charge in [0.1, 0.15) is 10.7 Å². The molecule has 1 rings (SSSR count). The normalized spacial score (nSPS) is 10.6. The third-order valence-corrected chi connectivity index (χ3v) is 4.29. The summed E-state index contributed by atoms with van der Waals surface area (Å²) >= 11 is 1.33. The topological polar surface area (TPSA) is 91.5 Å². The van der Waals surface area contributed by atoms with E-state index < -0.39 is 0 Å². The van der Waals surface area contributed by atoms with Crippen LogP contribution in [0.25, 0.3) is 0 Å². The maximum Gasteiger partial charge on any atom is 0.265 e. The predicted molar refractivity (Wildman–Crippen MR) is 88.0 cm³/mol. The van der Waals surface area contributed by atoms with Gasteiger partial charge in [0.05, 0.1) is 0 Å². The number of carbonyl (C=O) groups is 1. The van der Waals surface area contributed by atoms with Crippen molar-refractivity contribution in [3.63, 3.8) is 0 Å². The highest BCUT2D eigenvalue weighted by atomic mass is 32.1. The lowest BCUT2D eigenvalue weighted by Gasteiger charge is -2.13. The molecular weight excluding hydrogens is 288 g/mol. The Morgan fingerprint density at radius 3 is 2.76 bits per heavy atom. The number of unbranched alkanes of at least 4 members (excludes halogenated alkanes) is 3. The van der Waals surface area contributed by atoms with Gasteiger partial charge in [-0.05, 0) is 19.3 Å². The largest absolute Gasteiger partial charge is 0.396 e. The molecule has 0 aliphatic heterocycles. The van der Waals surface area contributed by atoms with Crippen LogP contribution in [0, 0.1) is 0 Å². The summed E-state index contributed by atoms with van der Waals surface area (Å²) in [5.41, 5.74) is 5.83. The summed E-state index contributed by atoms with van der Waals surface area (Å²) in [4.78, 5) is 18.8. The molecule has 0 aliphatic carbocycles. The Balaban J connectivity index is 2.43. The first-order valence-electron chi connectivity index (χ1n) is 7.46. The summed E-state index contributed by atoms with van der Waals surface area (Å²) in [7, 11) is 1.95. The molecule has 0 atom stereocenters. The van der Waals surface area contributed by atoms with Crippen molar-refractivity contribution in [3.8, 4) is 0 Å². The number of amides is 1. The van der Waals surface area contributed by atoms with Crippen LogP contribution in [-0.4, -0.2) is 42.7 Å². The number of nitrogen functional groups attached to an aromatic ring is 1. The zero-order valence-electron chi connectivity index (χ0n) is 12.9. The average Bonchev–Trinajstić information content (AvgIpc) is 2.85. The minimum atomic E-state index is -0.150. The molecule has 0 aliphatic rings. The Labute approximate surface area is 130 Å². The standard InChI is InChI=1S/C14H26N4O2S/c1-3-9-18(2)14-17-12(15)11(21-14)13(20)16-8-6-4-5-7-10-19/h19H,3-10,15H2,1-2H3,(H,16,20). The Bertz CT molecular complexity index is 437. The molecule has 7 heteroatoms. The lowest BCUT2D eigenvalue weighted by molar-refractivity contribution is 0.0957. The van der Waals surface area contributed by atoms with Gasteiger partial charge in [0, 0.05) is 26.7 Å². The third-order valence-electron chi connectivity index (χ3n) is 3.10. The van der Waals surface area contributed by atoms with Gasteiger partial charge in [-0.3, -0.25) is 4.79 Å². The van der Waals surface area contributed by atoms with E-state index in [1.165, 1.54) is 11.3 Å². The number of rotatable bonds is 10. The van der Waals surface area contributed by atoms with Crippen LogP contribution < -0.4 is 16.0 Å². The fraction of sp³-hybridized carbons (Fsp3) is 0.714. The van der Waals surface area contributed by atoms with Crippen LogP contribution in [0.5, 0.6) is 0 Å². The van der Waals surface area contributed by atoms with Crippen molar-refractivity contribution < 1.29 is 9.90 Å². The third kappa shape index (κ3) is 5.89. The van der Waals surface area contributed by atoms with Crippen molar-refractivity contribution in [3.05, 3.63) is 4.88 Å². The van der Waals surface area contributed by atoms with Crippen LogP contribution in [0.2, 0.25) is 0 Å². The van der Waals surface area contributed by atoms with Gasteiger partial charge in [-0.2, -0.15) is 0 Å². The molecule has 1 amide bonds. The smallest absolute Gasteiger partial charge is 0.265 e. The van der Waals surface area contributed by atoms with Crippen molar-refractivity contribution in [1.29, 1.82) is 0 Å². The Morgan fingerprint density at radius 1 is 1.38 bits per heavy atom. The van der Waals surface area contributed by atoms with Gasteiger partial charge in [0.15, 0.2) is 5.13 Å². The lowest BCUT2D eigenvalue weighted by atomic mass is 10.2. The van der Waals surface area contributed by atoms with Gasteiger partial charge in [0.25, 0.3) is 5.91 Å². The van der Waals surface area contributed by atoms with E-state index in [4.69, 9.17) is 10.8 Å². The highest BCUT2D eigenvalue weighted by Gasteiger charge is 2.17. The molecule has 1 aromatic rings. The van der Waals surface area contributed by atoms with Gasteiger partial charge in [0.2, 0.25) is 0 Å². The fourth-order valence-electron chi connectivity index (χ4n) is 1.95. The first kappa shape index (κ1) is 17.7. The molecule has 0 saturated carbocycles. The zero-order valence-corrected chi connectivity index (χ0v) is 13.7. The van der Waals surface area contributed by atoms with E-state index in [9.17, 15) is 4.79 Å². The highest BCUT2D eigenvalue weighted by molar-refractivity contribution is 7.18. The molecule has 0 radical (unpaired) electrons. The number of hydrogen-bond donors (Lipinski definition) is 3. The Kier molecular flexibility index (Phi) is 8.07.